The zero-order valence-corrected chi connectivity index (χ0v) is 12.0. The highest BCUT2D eigenvalue weighted by Crippen LogP contribution is 2.36. The molecule has 0 atom stereocenters. The predicted molar refractivity (Wildman–Crippen MR) is 71.7 cm³/mol. The molecular formula is C13H17BrF3N. The Morgan fingerprint density at radius 2 is 1.94 bits per heavy atom. The van der Waals surface area contributed by atoms with Crippen LogP contribution in [0.2, 0.25) is 0 Å². The molecule has 1 rings (SSSR count). The molecular weight excluding hydrogens is 307 g/mol. The van der Waals surface area contributed by atoms with Crippen molar-refractivity contribution >= 4 is 21.6 Å². The van der Waals surface area contributed by atoms with Gasteiger partial charge in [0.1, 0.15) is 0 Å². The highest BCUT2D eigenvalue weighted by atomic mass is 79.9. The van der Waals surface area contributed by atoms with Crippen LogP contribution in [0.3, 0.4) is 0 Å². The molecule has 1 aromatic rings. The molecule has 0 saturated carbocycles. The third-order valence-electron chi connectivity index (χ3n) is 2.56. The van der Waals surface area contributed by atoms with E-state index in [0.717, 1.165) is 18.9 Å². The second-order valence-corrected chi connectivity index (χ2v) is 5.57. The first kappa shape index (κ1) is 15.3. The fourth-order valence-corrected chi connectivity index (χ4v) is 2.00. The SMILES string of the molecule is CC(C)CCCNc1cc(Br)ccc1C(F)(F)F. The molecule has 18 heavy (non-hydrogen) atoms. The van der Waals surface area contributed by atoms with Crippen LogP contribution in [0, 0.1) is 5.92 Å². The molecule has 5 heteroatoms. The lowest BCUT2D eigenvalue weighted by Crippen LogP contribution is -2.12. The van der Waals surface area contributed by atoms with Gasteiger partial charge in [0.05, 0.1) is 5.56 Å². The van der Waals surface area contributed by atoms with Crippen molar-refractivity contribution in [1.29, 1.82) is 0 Å². The minimum Gasteiger partial charge on any atom is -0.385 e. The average molecular weight is 324 g/mol. The molecule has 0 radical (unpaired) electrons. The van der Waals surface area contributed by atoms with Crippen LogP contribution in [0.5, 0.6) is 0 Å². The molecule has 1 nitrogen and oxygen atoms in total. The van der Waals surface area contributed by atoms with Gasteiger partial charge in [0.2, 0.25) is 0 Å². The van der Waals surface area contributed by atoms with Crippen molar-refractivity contribution in [1.82, 2.24) is 0 Å². The lowest BCUT2D eigenvalue weighted by atomic mass is 10.1. The summed E-state index contributed by atoms with van der Waals surface area (Å²) in [5.74, 6) is 0.566. The molecule has 0 fully saturated rings. The summed E-state index contributed by atoms with van der Waals surface area (Å²) in [6.07, 6.45) is -2.45. The highest BCUT2D eigenvalue weighted by Gasteiger charge is 2.33. The van der Waals surface area contributed by atoms with E-state index in [1.165, 1.54) is 12.1 Å². The molecule has 0 aliphatic heterocycles. The lowest BCUT2D eigenvalue weighted by Gasteiger charge is -2.15. The first-order valence-electron chi connectivity index (χ1n) is 5.91. The van der Waals surface area contributed by atoms with Crippen molar-refractivity contribution in [2.75, 3.05) is 11.9 Å². The molecule has 0 amide bonds. The second-order valence-electron chi connectivity index (χ2n) is 4.65. The third-order valence-corrected chi connectivity index (χ3v) is 3.05. The Labute approximate surface area is 114 Å². The van der Waals surface area contributed by atoms with E-state index in [2.05, 4.69) is 35.1 Å². The first-order valence-corrected chi connectivity index (χ1v) is 6.70. The summed E-state index contributed by atoms with van der Waals surface area (Å²) in [7, 11) is 0. The maximum Gasteiger partial charge on any atom is 0.418 e. The average Bonchev–Trinajstić information content (AvgIpc) is 2.22. The largest absolute Gasteiger partial charge is 0.418 e. The maximum atomic E-state index is 12.8. The molecule has 0 aromatic heterocycles. The summed E-state index contributed by atoms with van der Waals surface area (Å²) >= 11 is 3.19. The van der Waals surface area contributed by atoms with Gasteiger partial charge in [-0.1, -0.05) is 29.8 Å². The van der Waals surface area contributed by atoms with Crippen LogP contribution in [-0.4, -0.2) is 6.54 Å². The fraction of sp³-hybridized carbons (Fsp3) is 0.538. The molecule has 0 bridgehead atoms. The normalized spacial score (nSPS) is 11.9. The van der Waals surface area contributed by atoms with Crippen LogP contribution in [0.4, 0.5) is 18.9 Å². The number of benzene rings is 1. The van der Waals surface area contributed by atoms with Crippen molar-refractivity contribution < 1.29 is 13.2 Å². The summed E-state index contributed by atoms with van der Waals surface area (Å²) in [6, 6.07) is 3.97. The summed E-state index contributed by atoms with van der Waals surface area (Å²) in [6.45, 7) is 4.75. The fourth-order valence-electron chi connectivity index (χ4n) is 1.64. The van der Waals surface area contributed by atoms with Gasteiger partial charge in [0.25, 0.3) is 0 Å². The van der Waals surface area contributed by atoms with E-state index in [1.54, 1.807) is 0 Å². The van der Waals surface area contributed by atoms with Crippen molar-refractivity contribution in [3.8, 4) is 0 Å². The van der Waals surface area contributed by atoms with E-state index in [-0.39, 0.29) is 5.69 Å². The number of nitrogens with one attached hydrogen (secondary N) is 1. The maximum absolute atomic E-state index is 12.8. The Kier molecular flexibility index (Phi) is 5.50. The summed E-state index contributed by atoms with van der Waals surface area (Å²) in [5.41, 5.74) is -0.476. The molecule has 0 aliphatic rings. The van der Waals surface area contributed by atoms with Crippen LogP contribution in [-0.2, 0) is 6.18 Å². The number of hydrogen-bond donors (Lipinski definition) is 1. The van der Waals surface area contributed by atoms with E-state index in [9.17, 15) is 13.2 Å². The topological polar surface area (TPSA) is 12.0 Å². The monoisotopic (exact) mass is 323 g/mol. The lowest BCUT2D eigenvalue weighted by molar-refractivity contribution is -0.137. The Balaban J connectivity index is 2.71. The van der Waals surface area contributed by atoms with E-state index in [4.69, 9.17) is 0 Å². The summed E-state index contributed by atoms with van der Waals surface area (Å²) in [5, 5.41) is 2.87. The van der Waals surface area contributed by atoms with Crippen LogP contribution in [0.15, 0.2) is 22.7 Å². The summed E-state index contributed by atoms with van der Waals surface area (Å²) < 4.78 is 38.9. The van der Waals surface area contributed by atoms with Crippen LogP contribution < -0.4 is 5.32 Å². The van der Waals surface area contributed by atoms with E-state index in [0.29, 0.717) is 16.9 Å². The zero-order valence-electron chi connectivity index (χ0n) is 10.4. The molecule has 1 N–H and O–H groups in total. The van der Waals surface area contributed by atoms with Crippen molar-refractivity contribution in [3.05, 3.63) is 28.2 Å². The number of hydrogen-bond acceptors (Lipinski definition) is 1. The van der Waals surface area contributed by atoms with Gasteiger partial charge in [-0.15, -0.1) is 0 Å². The van der Waals surface area contributed by atoms with Gasteiger partial charge in [-0.05, 0) is 37.0 Å². The van der Waals surface area contributed by atoms with Gasteiger partial charge in [-0.2, -0.15) is 13.2 Å². The predicted octanol–water partition coefficient (Wildman–Crippen LogP) is 5.32. The Morgan fingerprint density at radius 3 is 2.50 bits per heavy atom. The minimum absolute atomic E-state index is 0.139. The molecule has 0 saturated heterocycles. The van der Waals surface area contributed by atoms with Gasteiger partial charge < -0.3 is 5.32 Å². The van der Waals surface area contributed by atoms with Gasteiger partial charge in [-0.25, -0.2) is 0 Å². The number of alkyl halides is 3. The molecule has 0 aliphatic carbocycles. The number of anilines is 1. The molecule has 102 valence electrons. The quantitative estimate of drug-likeness (QED) is 0.723. The van der Waals surface area contributed by atoms with E-state index >= 15 is 0 Å². The van der Waals surface area contributed by atoms with Crippen LogP contribution in [0.25, 0.3) is 0 Å². The van der Waals surface area contributed by atoms with Crippen LogP contribution >= 0.6 is 15.9 Å². The summed E-state index contributed by atoms with van der Waals surface area (Å²) in [4.78, 5) is 0. The number of rotatable bonds is 5. The van der Waals surface area contributed by atoms with E-state index < -0.39 is 11.7 Å². The minimum atomic E-state index is -4.32. The Bertz CT molecular complexity index is 388. The molecule has 0 heterocycles. The van der Waals surface area contributed by atoms with Gasteiger partial charge in [-0.3, -0.25) is 0 Å². The van der Waals surface area contributed by atoms with Gasteiger partial charge >= 0.3 is 6.18 Å². The third kappa shape index (κ3) is 4.88. The molecule has 1 aromatic carbocycles. The smallest absolute Gasteiger partial charge is 0.385 e. The van der Waals surface area contributed by atoms with Crippen molar-refractivity contribution in [3.63, 3.8) is 0 Å². The van der Waals surface area contributed by atoms with Crippen molar-refractivity contribution in [2.45, 2.75) is 32.9 Å². The van der Waals surface area contributed by atoms with Gasteiger partial charge in [0, 0.05) is 16.7 Å². The van der Waals surface area contributed by atoms with Gasteiger partial charge in [0.15, 0.2) is 0 Å². The molecule has 0 spiro atoms. The van der Waals surface area contributed by atoms with E-state index in [1.807, 2.05) is 0 Å². The zero-order chi connectivity index (χ0) is 13.8. The Morgan fingerprint density at radius 1 is 1.28 bits per heavy atom. The Hall–Kier alpha value is -0.710. The standard InChI is InChI=1S/C13H17BrF3N/c1-9(2)4-3-7-18-12-8-10(14)5-6-11(12)13(15,16)17/h5-6,8-9,18H,3-4,7H2,1-2H3. The van der Waals surface area contributed by atoms with Crippen LogP contribution in [0.1, 0.15) is 32.3 Å². The van der Waals surface area contributed by atoms with Crippen molar-refractivity contribution in [2.24, 2.45) is 5.92 Å². The number of halogens is 4. The highest BCUT2D eigenvalue weighted by molar-refractivity contribution is 9.10. The first-order chi connectivity index (χ1) is 8.30. The second kappa shape index (κ2) is 6.45. The molecule has 0 unspecified atom stereocenters.